The zero-order valence-electron chi connectivity index (χ0n) is 13.1. The first-order valence-electron chi connectivity index (χ1n) is 7.21. The SMILES string of the molecule is Cc1cc(N)cc2c1nc(Cc1c(Cl)ccc(C(=O)O)c1Cl)n2C. The summed E-state index contributed by atoms with van der Waals surface area (Å²) in [6.45, 7) is 1.94. The molecule has 0 atom stereocenters. The van der Waals surface area contributed by atoms with Gasteiger partial charge in [-0.15, -0.1) is 0 Å². The van der Waals surface area contributed by atoms with Gasteiger partial charge in [0.2, 0.25) is 0 Å². The van der Waals surface area contributed by atoms with Gasteiger partial charge >= 0.3 is 5.97 Å². The average Bonchev–Trinajstić information content (AvgIpc) is 2.80. The fourth-order valence-corrected chi connectivity index (χ4v) is 3.36. The Kier molecular flexibility index (Phi) is 4.15. The van der Waals surface area contributed by atoms with E-state index in [1.807, 2.05) is 30.7 Å². The monoisotopic (exact) mass is 363 g/mol. The van der Waals surface area contributed by atoms with Crippen LogP contribution in [0.1, 0.15) is 27.3 Å². The fraction of sp³-hybridized carbons (Fsp3) is 0.176. The molecule has 1 heterocycles. The number of carboxylic acid groups (broad SMARTS) is 1. The highest BCUT2D eigenvalue weighted by atomic mass is 35.5. The number of aromatic carboxylic acids is 1. The molecule has 0 saturated heterocycles. The predicted molar refractivity (Wildman–Crippen MR) is 96.1 cm³/mol. The number of hydrogen-bond donors (Lipinski definition) is 2. The highest BCUT2D eigenvalue weighted by Crippen LogP contribution is 2.31. The molecule has 3 rings (SSSR count). The van der Waals surface area contributed by atoms with E-state index >= 15 is 0 Å². The number of nitrogens with zero attached hydrogens (tertiary/aromatic N) is 2. The van der Waals surface area contributed by atoms with Crippen LogP contribution >= 0.6 is 23.2 Å². The van der Waals surface area contributed by atoms with Crippen LogP contribution in [0.5, 0.6) is 0 Å². The molecule has 0 aliphatic rings. The molecule has 2 aromatic carbocycles. The van der Waals surface area contributed by atoms with E-state index in [-0.39, 0.29) is 10.6 Å². The summed E-state index contributed by atoms with van der Waals surface area (Å²) in [6, 6.07) is 6.66. The number of nitrogens with two attached hydrogens (primary N) is 1. The predicted octanol–water partition coefficient (Wildman–Crippen LogP) is 4.06. The third kappa shape index (κ3) is 2.70. The number of halogens is 2. The van der Waals surface area contributed by atoms with Gasteiger partial charge in [-0.1, -0.05) is 23.2 Å². The number of rotatable bonds is 3. The van der Waals surface area contributed by atoms with Gasteiger partial charge < -0.3 is 15.4 Å². The van der Waals surface area contributed by atoms with Crippen LogP contribution in [-0.4, -0.2) is 20.6 Å². The molecule has 1 aromatic heterocycles. The van der Waals surface area contributed by atoms with Crippen molar-refractivity contribution in [2.24, 2.45) is 7.05 Å². The third-order valence-electron chi connectivity index (χ3n) is 4.04. The molecule has 0 aliphatic heterocycles. The van der Waals surface area contributed by atoms with E-state index in [0.29, 0.717) is 22.7 Å². The molecule has 3 aromatic rings. The van der Waals surface area contributed by atoms with Crippen LogP contribution in [0.25, 0.3) is 11.0 Å². The molecular formula is C17H15Cl2N3O2. The van der Waals surface area contributed by atoms with Crippen molar-refractivity contribution in [3.05, 3.63) is 56.8 Å². The van der Waals surface area contributed by atoms with Crippen molar-refractivity contribution in [1.82, 2.24) is 9.55 Å². The molecule has 0 bridgehead atoms. The fourth-order valence-electron chi connectivity index (χ4n) is 2.77. The average molecular weight is 364 g/mol. The van der Waals surface area contributed by atoms with Crippen molar-refractivity contribution in [3.63, 3.8) is 0 Å². The Bertz CT molecular complexity index is 980. The molecule has 0 spiro atoms. The molecule has 0 radical (unpaired) electrons. The largest absolute Gasteiger partial charge is 0.478 e. The normalized spacial score (nSPS) is 11.2. The van der Waals surface area contributed by atoms with Crippen molar-refractivity contribution in [2.45, 2.75) is 13.3 Å². The first-order valence-corrected chi connectivity index (χ1v) is 7.96. The maximum Gasteiger partial charge on any atom is 0.337 e. The Labute approximate surface area is 148 Å². The van der Waals surface area contributed by atoms with Gasteiger partial charge in [0.1, 0.15) is 5.82 Å². The van der Waals surface area contributed by atoms with Crippen molar-refractivity contribution in [1.29, 1.82) is 0 Å². The first-order chi connectivity index (χ1) is 11.3. The Morgan fingerprint density at radius 1 is 1.33 bits per heavy atom. The molecule has 0 aliphatic carbocycles. The summed E-state index contributed by atoms with van der Waals surface area (Å²) in [5.41, 5.74) is 9.87. The van der Waals surface area contributed by atoms with Gasteiger partial charge in [0.05, 0.1) is 21.6 Å². The van der Waals surface area contributed by atoms with E-state index in [2.05, 4.69) is 4.98 Å². The van der Waals surface area contributed by atoms with Gasteiger partial charge in [-0.25, -0.2) is 9.78 Å². The van der Waals surface area contributed by atoms with Crippen LogP contribution in [0, 0.1) is 6.92 Å². The standard InChI is InChI=1S/C17H15Cl2N3O2/c1-8-5-9(20)6-13-16(8)21-14(22(13)2)7-11-12(18)4-3-10(15(11)19)17(23)24/h3-6H,7,20H2,1-2H3,(H,23,24). The van der Waals surface area contributed by atoms with Crippen molar-refractivity contribution in [3.8, 4) is 0 Å². The molecule has 24 heavy (non-hydrogen) atoms. The zero-order chi connectivity index (χ0) is 17.6. The quantitative estimate of drug-likeness (QED) is 0.687. The minimum atomic E-state index is -1.09. The Morgan fingerprint density at radius 3 is 2.71 bits per heavy atom. The molecule has 0 fully saturated rings. The van der Waals surface area contributed by atoms with Gasteiger partial charge in [0.25, 0.3) is 0 Å². The van der Waals surface area contributed by atoms with Gasteiger partial charge in [-0.05, 0) is 42.3 Å². The number of anilines is 1. The van der Waals surface area contributed by atoms with E-state index < -0.39 is 5.97 Å². The Balaban J connectivity index is 2.14. The smallest absolute Gasteiger partial charge is 0.337 e. The molecule has 7 heteroatoms. The number of hydrogen-bond acceptors (Lipinski definition) is 3. The molecule has 3 N–H and O–H groups in total. The third-order valence-corrected chi connectivity index (χ3v) is 4.83. The van der Waals surface area contributed by atoms with Gasteiger partial charge in [0.15, 0.2) is 0 Å². The highest BCUT2D eigenvalue weighted by molar-refractivity contribution is 6.37. The van der Waals surface area contributed by atoms with Crippen LogP contribution < -0.4 is 5.73 Å². The number of nitrogen functional groups attached to an aromatic ring is 1. The van der Waals surface area contributed by atoms with E-state index in [0.717, 1.165) is 22.4 Å². The van der Waals surface area contributed by atoms with Crippen molar-refractivity contribution < 1.29 is 9.90 Å². The second-order valence-electron chi connectivity index (χ2n) is 5.66. The zero-order valence-corrected chi connectivity index (χ0v) is 14.6. The number of fused-ring (bicyclic) bond motifs is 1. The molecule has 0 amide bonds. The second kappa shape index (κ2) is 6.00. The summed E-state index contributed by atoms with van der Waals surface area (Å²) >= 11 is 12.5. The highest BCUT2D eigenvalue weighted by Gasteiger charge is 2.18. The lowest BCUT2D eigenvalue weighted by atomic mass is 10.1. The molecular weight excluding hydrogens is 349 g/mol. The van der Waals surface area contributed by atoms with Crippen molar-refractivity contribution >= 4 is 45.9 Å². The minimum absolute atomic E-state index is 0.0234. The van der Waals surface area contributed by atoms with Crippen LogP contribution in [0.3, 0.4) is 0 Å². The summed E-state index contributed by atoms with van der Waals surface area (Å²) < 4.78 is 1.92. The van der Waals surface area contributed by atoms with Crippen LogP contribution in [-0.2, 0) is 13.5 Å². The summed E-state index contributed by atoms with van der Waals surface area (Å²) in [6.07, 6.45) is 0.323. The minimum Gasteiger partial charge on any atom is -0.478 e. The molecule has 124 valence electrons. The lowest BCUT2D eigenvalue weighted by molar-refractivity contribution is 0.0697. The number of imidazole rings is 1. The van der Waals surface area contributed by atoms with Crippen LogP contribution in [0.2, 0.25) is 10.0 Å². The van der Waals surface area contributed by atoms with Crippen LogP contribution in [0.15, 0.2) is 24.3 Å². The topological polar surface area (TPSA) is 81.1 Å². The maximum atomic E-state index is 11.3. The lowest BCUT2D eigenvalue weighted by Crippen LogP contribution is -2.04. The first kappa shape index (κ1) is 16.6. The number of aryl methyl sites for hydroxylation is 2. The Hall–Kier alpha value is -2.24. The number of carboxylic acids is 1. The molecule has 0 saturated carbocycles. The second-order valence-corrected chi connectivity index (χ2v) is 6.45. The number of benzene rings is 2. The lowest BCUT2D eigenvalue weighted by Gasteiger charge is -2.09. The van der Waals surface area contributed by atoms with E-state index in [1.54, 1.807) is 0 Å². The van der Waals surface area contributed by atoms with E-state index in [4.69, 9.17) is 28.9 Å². The van der Waals surface area contributed by atoms with Gasteiger partial charge in [-0.3, -0.25) is 0 Å². The Morgan fingerprint density at radius 2 is 2.04 bits per heavy atom. The molecule has 5 nitrogen and oxygen atoms in total. The summed E-state index contributed by atoms with van der Waals surface area (Å²) in [4.78, 5) is 15.9. The number of aromatic nitrogens is 2. The van der Waals surface area contributed by atoms with E-state index in [1.165, 1.54) is 12.1 Å². The van der Waals surface area contributed by atoms with E-state index in [9.17, 15) is 9.90 Å². The molecule has 0 unspecified atom stereocenters. The summed E-state index contributed by atoms with van der Waals surface area (Å²) in [7, 11) is 1.88. The summed E-state index contributed by atoms with van der Waals surface area (Å²) in [5, 5.41) is 9.77. The number of carbonyl (C=O) groups is 1. The van der Waals surface area contributed by atoms with Crippen molar-refractivity contribution in [2.75, 3.05) is 5.73 Å². The van der Waals surface area contributed by atoms with Gasteiger partial charge in [-0.2, -0.15) is 0 Å². The van der Waals surface area contributed by atoms with Gasteiger partial charge in [0, 0.05) is 24.2 Å². The summed E-state index contributed by atoms with van der Waals surface area (Å²) in [5.74, 6) is -0.364. The van der Waals surface area contributed by atoms with Crippen LogP contribution in [0.4, 0.5) is 5.69 Å². The maximum absolute atomic E-state index is 11.3.